The Hall–Kier alpha value is -10.7. The van der Waals surface area contributed by atoms with Gasteiger partial charge in [-0.05, 0) is 129 Å². The molecule has 21 nitrogen and oxygen atoms in total. The molecule has 0 radical (unpaired) electrons. The number of methoxy groups -OCH3 is 1. The summed E-state index contributed by atoms with van der Waals surface area (Å²) >= 11 is 0. The van der Waals surface area contributed by atoms with E-state index in [1.807, 2.05) is 72.8 Å². The fourth-order valence-corrected chi connectivity index (χ4v) is 16.2. The van der Waals surface area contributed by atoms with Crippen molar-refractivity contribution in [3.8, 4) is 16.9 Å². The number of aromatic nitrogens is 5. The molecule has 5 aromatic heterocycles. The normalized spacial score (nSPS) is 11.2. The Morgan fingerprint density at radius 3 is 1.09 bits per heavy atom. The Bertz CT molecular complexity index is 7090. The average molecular weight is 2050 g/mol. The Morgan fingerprint density at radius 2 is 0.664 bits per heavy atom. The number of hydrogen-bond acceptors (Lipinski definition) is 16. The topological polar surface area (TPSA) is 315 Å². The minimum Gasteiger partial charge on any atom is -0.575 e. The van der Waals surface area contributed by atoms with Crippen molar-refractivity contribution in [2.45, 2.75) is 25.8 Å². The maximum Gasteiger partial charge on any atom is 0.416 e. The third-order valence-electron chi connectivity index (χ3n) is 17.1. The summed E-state index contributed by atoms with van der Waals surface area (Å²) in [5.74, 6) is -11.6. The van der Waals surface area contributed by atoms with Gasteiger partial charge in [0.1, 0.15) is 50.7 Å². The Balaban J connectivity index is 0.000000217. The van der Waals surface area contributed by atoms with Gasteiger partial charge in [0.2, 0.25) is 5.82 Å². The summed E-state index contributed by atoms with van der Waals surface area (Å²) in [5, 5.41) is 3.70. The molecule has 16 rings (SSSR count). The minimum atomic E-state index is -5.24. The van der Waals surface area contributed by atoms with E-state index in [1.165, 1.54) is 67.5 Å². The third kappa shape index (κ3) is 25.8. The molecule has 16 aromatic rings. The van der Waals surface area contributed by atoms with Gasteiger partial charge in [0.15, 0.2) is 23.3 Å². The van der Waals surface area contributed by atoms with Crippen molar-refractivity contribution in [2.24, 2.45) is 0 Å². The number of halogens is 8. The van der Waals surface area contributed by atoms with E-state index in [-0.39, 0.29) is 124 Å². The van der Waals surface area contributed by atoms with E-state index in [0.717, 1.165) is 57.3 Å². The van der Waals surface area contributed by atoms with E-state index in [1.54, 1.807) is 134 Å². The molecule has 0 aliphatic rings. The summed E-state index contributed by atoms with van der Waals surface area (Å²) in [6.45, 7) is 0. The molecule has 0 N–H and O–H groups in total. The van der Waals surface area contributed by atoms with Gasteiger partial charge in [-0.3, -0.25) is 24.9 Å². The molecule has 620 valence electrons. The summed E-state index contributed by atoms with van der Waals surface area (Å²) < 4.78 is 250. The fraction of sp³-hybridized carbons (Fsp3) is 0.0349. The van der Waals surface area contributed by atoms with Crippen LogP contribution in [0.3, 0.4) is 0 Å². The van der Waals surface area contributed by atoms with Crippen molar-refractivity contribution in [3.05, 3.63) is 379 Å². The quantitative estimate of drug-likeness (QED) is 0.0253. The number of benzene rings is 11. The van der Waals surface area contributed by atoms with Gasteiger partial charge in [-0.2, -0.15) is 13.2 Å². The number of ether oxygens (including phenoxy) is 1. The first-order valence-electron chi connectivity index (χ1n) is 35.1. The molecular formula is C86H59F8N10O11S5Zn5-5. The van der Waals surface area contributed by atoms with E-state index in [0.29, 0.717) is 61.7 Å². The predicted molar refractivity (Wildman–Crippen MR) is 445 cm³/mol. The fourth-order valence-electron chi connectivity index (χ4n) is 11.5. The second-order valence-electron chi connectivity index (χ2n) is 25.3. The number of rotatable bonds is 18. The van der Waals surface area contributed by atoms with Crippen LogP contribution in [0, 0.1) is 29.1 Å². The van der Waals surface area contributed by atoms with Gasteiger partial charge in [0.25, 0.3) is 0 Å². The van der Waals surface area contributed by atoms with Gasteiger partial charge in [-0.25, -0.2) is 64.0 Å². The first kappa shape index (κ1) is 101. The van der Waals surface area contributed by atoms with Crippen LogP contribution in [0.2, 0.25) is 0 Å². The van der Waals surface area contributed by atoms with Crippen LogP contribution in [0.1, 0.15) is 16.7 Å². The molecule has 5 heterocycles. The largest absolute Gasteiger partial charge is 0.575 e. The monoisotopic (exact) mass is 2040 g/mol. The molecule has 0 saturated carbocycles. The van der Waals surface area contributed by atoms with E-state index >= 15 is 0 Å². The Morgan fingerprint density at radius 1 is 0.320 bits per heavy atom. The van der Waals surface area contributed by atoms with Gasteiger partial charge in [-0.1, -0.05) is 206 Å². The molecule has 39 heteroatoms. The zero-order chi connectivity index (χ0) is 85.6. The van der Waals surface area contributed by atoms with Crippen LogP contribution in [0.4, 0.5) is 63.6 Å². The summed E-state index contributed by atoms with van der Waals surface area (Å²) in [4.78, 5) is 18.4. The molecule has 11 aromatic carbocycles. The first-order valence-corrected chi connectivity index (χ1v) is 42.7. The molecule has 125 heavy (non-hydrogen) atoms. The predicted octanol–water partition coefficient (Wildman–Crippen LogP) is 22.3. The molecule has 0 atom stereocenters. The summed E-state index contributed by atoms with van der Waals surface area (Å²) in [5.41, 5.74) is 6.25. The summed E-state index contributed by atoms with van der Waals surface area (Å²) in [6.07, 6.45) is 8.16. The average Bonchev–Trinajstić information content (AvgIpc) is 0.897. The Kier molecular flexibility index (Phi) is 36.1. The van der Waals surface area contributed by atoms with Crippen LogP contribution in [-0.4, -0.2) is 80.4 Å². The number of sulfonamides is 5. The van der Waals surface area contributed by atoms with Crippen molar-refractivity contribution in [3.63, 3.8) is 0 Å². The van der Waals surface area contributed by atoms with Crippen LogP contribution in [0.25, 0.3) is 101 Å². The summed E-state index contributed by atoms with van der Waals surface area (Å²) in [6, 6.07) is 77.1. The van der Waals surface area contributed by atoms with Crippen molar-refractivity contribution in [1.29, 1.82) is 0 Å². The molecule has 0 spiro atoms. The number of alkyl halides is 3. The number of para-hydroxylation sites is 4. The smallest absolute Gasteiger partial charge is 0.416 e. The maximum atomic E-state index is 13.7. The van der Waals surface area contributed by atoms with E-state index in [2.05, 4.69) is 84.9 Å². The molecule has 0 bridgehead atoms. The van der Waals surface area contributed by atoms with Gasteiger partial charge >= 0.3 is 6.18 Å². The number of nitrogens with zero attached hydrogens (tertiary/aromatic N) is 10. The summed E-state index contributed by atoms with van der Waals surface area (Å²) in [7, 11) is -19.0. The zero-order valence-corrected chi connectivity index (χ0v) is 84.6. The molecular weight excluding hydrogens is 1990 g/mol. The van der Waals surface area contributed by atoms with Gasteiger partial charge in [0, 0.05) is 140 Å². The van der Waals surface area contributed by atoms with Gasteiger partial charge < -0.3 is 28.3 Å². The molecule has 0 fully saturated rings. The van der Waals surface area contributed by atoms with Gasteiger partial charge in [-0.15, -0.1) is 28.4 Å². The van der Waals surface area contributed by atoms with E-state index in [9.17, 15) is 77.2 Å². The number of pyridine rings is 5. The third-order valence-corrected chi connectivity index (χ3v) is 22.9. The Labute approximate surface area is 777 Å². The molecule has 0 aliphatic heterocycles. The molecule has 0 unspecified atom stereocenters. The van der Waals surface area contributed by atoms with E-state index in [4.69, 9.17) is 4.74 Å². The second kappa shape index (κ2) is 44.5. The maximum absolute atomic E-state index is 13.7. The zero-order valence-electron chi connectivity index (χ0n) is 65.7. The molecule has 0 saturated heterocycles. The van der Waals surface area contributed by atoms with Crippen LogP contribution in [0.5, 0.6) is 5.75 Å². The van der Waals surface area contributed by atoms with Crippen LogP contribution >= 0.6 is 0 Å². The second-order valence-corrected chi connectivity index (χ2v) is 33.3. The van der Waals surface area contributed by atoms with Crippen LogP contribution in [0.15, 0.2) is 330 Å². The van der Waals surface area contributed by atoms with E-state index < -0.39 is 101 Å². The van der Waals surface area contributed by atoms with Crippen LogP contribution in [-0.2, 0) is 154 Å². The standard InChI is InChI=1S/C29H21N2O2S.C16H10F3N2O2S.C16H13N2O3S.C15H6F5N2O2S.C10H9N2O2S.5Zn/c32-34(33,26-10-5-2-6-11-26)31-28-20-19-25(27-12-7-21-30-29(27)28)18-15-22-13-16-24(17-14-22)23-8-3-1-4-9-23;17-16(18,19)12-6-2-7-13(10-12)24(22,23)21-14-8-1-4-11-5-3-9-20-15(11)14;1-21-13-7-9-14(10-8-13)22(19,20)18-15-6-2-4-12-5-3-11-17-16(12)15;16-9-10(17)12(19)15(13(20)11(9)18)25(23,24)22-8-5-1-3-7-4-2-6-21-14(7)8;1-15(13,14)12-9-6-2-4-8-5-3-7-11-10(8)9;;;;;/h1-21H;1-10H;2-11H,1H3;1-6H;2-7H,1H3;;;;;/q5*-1;;;;;/b18-15-;;;;;;;;;. The van der Waals surface area contributed by atoms with Crippen molar-refractivity contribution >= 4 is 145 Å². The van der Waals surface area contributed by atoms with Crippen molar-refractivity contribution < 1.29 is 179 Å². The van der Waals surface area contributed by atoms with Crippen molar-refractivity contribution in [2.75, 3.05) is 13.4 Å². The van der Waals surface area contributed by atoms with Gasteiger partial charge in [0.05, 0.1) is 65.0 Å². The number of hydrogen-bond donors (Lipinski definition) is 0. The number of fused-ring (bicyclic) bond motifs is 5. The van der Waals surface area contributed by atoms with Crippen LogP contribution < -0.4 is 4.74 Å². The molecule has 0 aliphatic carbocycles. The minimum absolute atomic E-state index is 0. The first-order chi connectivity index (χ1) is 57.3. The SMILES string of the molecule is COc1ccc(S(=O)(=O)[N-]c2cccc3cccnc23)cc1.CS(=O)(=O)[N-]c1cccc2cccnc12.O=S(=O)([N-]c1ccc(/C=C\c2ccc(-c3ccccc3)cc2)c2cccnc12)c1ccccc1.O=S(=O)([N-]c1cccc2cccnc12)c1c(F)c(F)c(F)c(F)c1F.O=S(=O)([N-]c1cccc2cccnc12)c1cccc(C(F)(F)F)c1.[Zn].[Zn].[Zn].[Zn].[Zn]. The van der Waals surface area contributed by atoms with Crippen molar-refractivity contribution in [1.82, 2.24) is 24.9 Å². The molecule has 0 amide bonds.